The summed E-state index contributed by atoms with van der Waals surface area (Å²) in [5.41, 5.74) is 1.37. The van der Waals surface area contributed by atoms with Crippen LogP contribution in [0.4, 0.5) is 11.4 Å². The fraction of sp³-hybridized carbons (Fsp3) is 0.375. The molecule has 1 aromatic heterocycles. The van der Waals surface area contributed by atoms with E-state index in [0.717, 1.165) is 12.8 Å². The molecule has 2 aromatic carbocycles. The summed E-state index contributed by atoms with van der Waals surface area (Å²) >= 11 is 1.29. The number of aromatic nitrogens is 4. The summed E-state index contributed by atoms with van der Waals surface area (Å²) in [6, 6.07) is 12.4. The van der Waals surface area contributed by atoms with Gasteiger partial charge in [0.25, 0.3) is 5.91 Å². The Morgan fingerprint density at radius 1 is 1.00 bits per heavy atom. The van der Waals surface area contributed by atoms with Crippen molar-refractivity contribution in [2.45, 2.75) is 43.3 Å². The van der Waals surface area contributed by atoms with E-state index in [1.54, 1.807) is 36.4 Å². The van der Waals surface area contributed by atoms with E-state index in [4.69, 9.17) is 9.47 Å². The molecule has 184 valence electrons. The molecule has 35 heavy (non-hydrogen) atoms. The second kappa shape index (κ2) is 11.7. The minimum atomic E-state index is -0.283. The number of hydrogen-bond acceptors (Lipinski definition) is 8. The first-order valence-electron chi connectivity index (χ1n) is 11.4. The van der Waals surface area contributed by atoms with Gasteiger partial charge in [-0.2, -0.15) is 0 Å². The quantitative estimate of drug-likeness (QED) is 0.423. The molecule has 11 heteroatoms. The Morgan fingerprint density at radius 2 is 1.66 bits per heavy atom. The van der Waals surface area contributed by atoms with Crippen LogP contribution in [0.1, 0.15) is 48.5 Å². The Hall–Kier alpha value is -3.60. The van der Waals surface area contributed by atoms with Crippen molar-refractivity contribution in [2.24, 2.45) is 0 Å². The highest BCUT2D eigenvalue weighted by atomic mass is 32.2. The summed E-state index contributed by atoms with van der Waals surface area (Å²) < 4.78 is 12.7. The molecule has 0 bridgehead atoms. The monoisotopic (exact) mass is 496 g/mol. The maximum atomic E-state index is 12.7. The molecule has 1 fully saturated rings. The van der Waals surface area contributed by atoms with Crippen molar-refractivity contribution in [3.05, 3.63) is 48.0 Å². The molecule has 0 saturated heterocycles. The highest BCUT2D eigenvalue weighted by molar-refractivity contribution is 7.99. The van der Waals surface area contributed by atoms with Crippen LogP contribution >= 0.6 is 11.8 Å². The number of anilines is 2. The zero-order valence-corrected chi connectivity index (χ0v) is 20.5. The number of methoxy groups -OCH3 is 2. The maximum absolute atomic E-state index is 12.7. The molecule has 0 atom stereocenters. The van der Waals surface area contributed by atoms with Crippen LogP contribution in [0.15, 0.2) is 47.6 Å². The molecule has 2 N–H and O–H groups in total. The number of carbonyl (C=O) groups excluding carboxylic acids is 2. The van der Waals surface area contributed by atoms with Crippen LogP contribution in [0.2, 0.25) is 0 Å². The minimum absolute atomic E-state index is 0.130. The first-order chi connectivity index (χ1) is 17.1. The summed E-state index contributed by atoms with van der Waals surface area (Å²) in [6.07, 6.45) is 5.67. The summed E-state index contributed by atoms with van der Waals surface area (Å²) in [4.78, 5) is 25.3. The van der Waals surface area contributed by atoms with Gasteiger partial charge in [-0.3, -0.25) is 9.59 Å². The van der Waals surface area contributed by atoms with Crippen molar-refractivity contribution in [1.29, 1.82) is 0 Å². The molecule has 2 amide bonds. The number of tetrazole rings is 1. The third-order valence-corrected chi connectivity index (χ3v) is 6.73. The van der Waals surface area contributed by atoms with Gasteiger partial charge in [0.05, 0.1) is 37.4 Å². The lowest BCUT2D eigenvalue weighted by Crippen LogP contribution is -2.18. The number of nitrogens with zero attached hydrogens (tertiary/aromatic N) is 4. The van der Waals surface area contributed by atoms with E-state index in [2.05, 4.69) is 26.2 Å². The van der Waals surface area contributed by atoms with E-state index >= 15 is 0 Å². The van der Waals surface area contributed by atoms with Gasteiger partial charge in [-0.1, -0.05) is 49.2 Å². The summed E-state index contributed by atoms with van der Waals surface area (Å²) in [5, 5.41) is 18.4. The van der Waals surface area contributed by atoms with Crippen LogP contribution < -0.4 is 20.1 Å². The SMILES string of the molecule is COc1cc(NC(=O)c2ccccc2)c(OC)cc1NC(=O)CSc1nnnn1C1CCCCC1. The molecule has 1 heterocycles. The topological polar surface area (TPSA) is 120 Å². The number of rotatable bonds is 9. The van der Waals surface area contributed by atoms with E-state index in [-0.39, 0.29) is 23.6 Å². The van der Waals surface area contributed by atoms with Gasteiger partial charge in [0.2, 0.25) is 11.1 Å². The highest BCUT2D eigenvalue weighted by Crippen LogP contribution is 2.37. The van der Waals surface area contributed by atoms with Gasteiger partial charge in [-0.25, -0.2) is 4.68 Å². The Bertz CT molecular complexity index is 1160. The zero-order valence-electron chi connectivity index (χ0n) is 19.7. The minimum Gasteiger partial charge on any atom is -0.494 e. The lowest BCUT2D eigenvalue weighted by Gasteiger charge is -2.21. The van der Waals surface area contributed by atoms with Crippen LogP contribution in [-0.2, 0) is 4.79 Å². The van der Waals surface area contributed by atoms with Crippen molar-refractivity contribution in [3.8, 4) is 11.5 Å². The van der Waals surface area contributed by atoms with E-state index < -0.39 is 0 Å². The van der Waals surface area contributed by atoms with Crippen LogP contribution in [-0.4, -0.2) is 52.0 Å². The smallest absolute Gasteiger partial charge is 0.255 e. The number of thioether (sulfide) groups is 1. The van der Waals surface area contributed by atoms with Crippen molar-refractivity contribution in [3.63, 3.8) is 0 Å². The Labute approximate surface area is 207 Å². The van der Waals surface area contributed by atoms with Gasteiger partial charge in [0, 0.05) is 17.7 Å². The van der Waals surface area contributed by atoms with Crippen LogP contribution in [0.3, 0.4) is 0 Å². The largest absolute Gasteiger partial charge is 0.494 e. The predicted molar refractivity (Wildman–Crippen MR) is 133 cm³/mol. The van der Waals surface area contributed by atoms with Crippen molar-refractivity contribution < 1.29 is 19.1 Å². The molecule has 0 unspecified atom stereocenters. The maximum Gasteiger partial charge on any atom is 0.255 e. The van der Waals surface area contributed by atoms with Crippen LogP contribution in [0.25, 0.3) is 0 Å². The number of nitrogens with one attached hydrogen (secondary N) is 2. The lowest BCUT2D eigenvalue weighted by atomic mass is 9.96. The van der Waals surface area contributed by atoms with E-state index in [0.29, 0.717) is 33.6 Å². The van der Waals surface area contributed by atoms with E-state index in [9.17, 15) is 9.59 Å². The van der Waals surface area contributed by atoms with Gasteiger partial charge in [0.1, 0.15) is 11.5 Å². The molecule has 3 aromatic rings. The number of ether oxygens (including phenoxy) is 2. The molecule has 1 saturated carbocycles. The average molecular weight is 497 g/mol. The molecular formula is C24H28N6O4S. The fourth-order valence-electron chi connectivity index (χ4n) is 4.03. The number of carbonyl (C=O) groups is 2. The molecule has 1 aliphatic carbocycles. The molecule has 0 radical (unpaired) electrons. The lowest BCUT2D eigenvalue weighted by molar-refractivity contribution is -0.113. The summed E-state index contributed by atoms with van der Waals surface area (Å²) in [5.74, 6) is 0.383. The van der Waals surface area contributed by atoms with Crippen molar-refractivity contribution >= 4 is 35.0 Å². The molecule has 1 aliphatic rings. The zero-order chi connectivity index (χ0) is 24.6. The summed E-state index contributed by atoms with van der Waals surface area (Å²) in [7, 11) is 2.99. The Balaban J connectivity index is 1.43. The fourth-order valence-corrected chi connectivity index (χ4v) is 4.77. The molecule has 0 spiro atoms. The number of benzene rings is 2. The molecule has 10 nitrogen and oxygen atoms in total. The highest BCUT2D eigenvalue weighted by Gasteiger charge is 2.21. The molecular weight excluding hydrogens is 468 g/mol. The average Bonchev–Trinajstić information content (AvgIpc) is 3.37. The Morgan fingerprint density at radius 3 is 2.31 bits per heavy atom. The van der Waals surface area contributed by atoms with Crippen molar-refractivity contribution in [1.82, 2.24) is 20.2 Å². The second-order valence-electron chi connectivity index (χ2n) is 8.11. The first kappa shape index (κ1) is 24.5. The second-order valence-corrected chi connectivity index (χ2v) is 9.05. The van der Waals surface area contributed by atoms with E-state index in [1.165, 1.54) is 45.2 Å². The normalized spacial score (nSPS) is 13.8. The standard InChI is InChI=1S/C24H28N6O4S/c1-33-20-14-19(26-23(32)16-9-5-3-6-10-16)21(34-2)13-18(20)25-22(31)15-35-24-27-28-29-30(24)17-11-7-4-8-12-17/h3,5-6,9-10,13-14,17H,4,7-8,11-12,15H2,1-2H3,(H,25,31)(H,26,32). The van der Waals surface area contributed by atoms with E-state index in [1.807, 2.05) is 10.7 Å². The Kier molecular flexibility index (Phi) is 8.19. The van der Waals surface area contributed by atoms with Gasteiger partial charge in [-0.15, -0.1) is 5.10 Å². The number of amides is 2. The third-order valence-electron chi connectivity index (χ3n) is 5.80. The van der Waals surface area contributed by atoms with Gasteiger partial charge >= 0.3 is 0 Å². The molecule has 0 aliphatic heterocycles. The van der Waals surface area contributed by atoms with Crippen molar-refractivity contribution in [2.75, 3.05) is 30.6 Å². The van der Waals surface area contributed by atoms with Crippen LogP contribution in [0, 0.1) is 0 Å². The predicted octanol–water partition coefficient (Wildman–Crippen LogP) is 4.18. The van der Waals surface area contributed by atoms with Gasteiger partial charge in [0.15, 0.2) is 0 Å². The molecule has 4 rings (SSSR count). The third kappa shape index (κ3) is 6.10. The first-order valence-corrected chi connectivity index (χ1v) is 12.4. The summed E-state index contributed by atoms with van der Waals surface area (Å²) in [6.45, 7) is 0. The van der Waals surface area contributed by atoms with Crippen LogP contribution in [0.5, 0.6) is 11.5 Å². The van der Waals surface area contributed by atoms with Gasteiger partial charge < -0.3 is 20.1 Å². The van der Waals surface area contributed by atoms with Gasteiger partial charge in [-0.05, 0) is 35.4 Å². The number of hydrogen-bond donors (Lipinski definition) is 2.